The Balaban J connectivity index is 1.57. The lowest BCUT2D eigenvalue weighted by atomic mass is 10.1. The summed E-state index contributed by atoms with van der Waals surface area (Å²) >= 11 is 0. The first kappa shape index (κ1) is 18.1. The maximum atomic E-state index is 12.3. The van der Waals surface area contributed by atoms with Crippen molar-refractivity contribution < 1.29 is 9.59 Å². The number of urea groups is 1. The average molecular weight is 356 g/mol. The molecule has 138 valence electrons. The van der Waals surface area contributed by atoms with E-state index in [1.54, 1.807) is 32.2 Å². The summed E-state index contributed by atoms with van der Waals surface area (Å²) in [5, 5.41) is 12.0. The van der Waals surface area contributed by atoms with Crippen LogP contribution in [0.3, 0.4) is 0 Å². The van der Waals surface area contributed by atoms with Crippen molar-refractivity contribution >= 4 is 17.8 Å². The Morgan fingerprint density at radius 2 is 2.04 bits per heavy atom. The number of hydrogen-bond donors (Lipinski definition) is 1. The first-order valence-corrected chi connectivity index (χ1v) is 8.89. The van der Waals surface area contributed by atoms with E-state index in [0.717, 1.165) is 38.4 Å². The van der Waals surface area contributed by atoms with Crippen LogP contribution in [0.1, 0.15) is 25.8 Å². The molecule has 0 aliphatic carbocycles. The molecular formula is C18H24N6O2. The number of nitrogens with zero attached hydrogens (tertiary/aromatic N) is 5. The van der Waals surface area contributed by atoms with Gasteiger partial charge in [0.25, 0.3) is 5.91 Å². The van der Waals surface area contributed by atoms with Crippen LogP contribution in [0.15, 0.2) is 18.3 Å². The molecule has 0 unspecified atom stereocenters. The fraction of sp³-hybridized carbons (Fsp3) is 0.556. The van der Waals surface area contributed by atoms with Gasteiger partial charge < -0.3 is 10.2 Å². The number of carbonyl (C=O) groups excluding carboxylic acids is 2. The van der Waals surface area contributed by atoms with Crippen LogP contribution in [0.5, 0.6) is 0 Å². The van der Waals surface area contributed by atoms with Gasteiger partial charge in [0, 0.05) is 38.9 Å². The van der Waals surface area contributed by atoms with Gasteiger partial charge in [-0.25, -0.2) is 9.78 Å². The predicted octanol–water partition coefficient (Wildman–Crippen LogP) is 0.796. The van der Waals surface area contributed by atoms with Crippen molar-refractivity contribution in [1.29, 1.82) is 5.26 Å². The molecule has 0 aromatic carbocycles. The molecule has 1 aromatic heterocycles. The van der Waals surface area contributed by atoms with Crippen molar-refractivity contribution in [2.45, 2.75) is 25.8 Å². The van der Waals surface area contributed by atoms with E-state index in [9.17, 15) is 14.9 Å². The van der Waals surface area contributed by atoms with E-state index in [4.69, 9.17) is 0 Å². The Labute approximate surface area is 153 Å². The molecule has 3 amide bonds. The number of rotatable bonds is 4. The molecule has 8 nitrogen and oxygen atoms in total. The highest BCUT2D eigenvalue weighted by molar-refractivity contribution is 6.06. The van der Waals surface area contributed by atoms with Gasteiger partial charge in [0.05, 0.1) is 5.56 Å². The second-order valence-corrected chi connectivity index (χ2v) is 7.18. The fourth-order valence-corrected chi connectivity index (χ4v) is 3.40. The molecule has 0 bridgehead atoms. The molecule has 0 saturated carbocycles. The predicted molar refractivity (Wildman–Crippen MR) is 96.5 cm³/mol. The molecular weight excluding hydrogens is 332 g/mol. The minimum Gasteiger partial charge on any atom is -0.354 e. The van der Waals surface area contributed by atoms with Crippen molar-refractivity contribution in [2.75, 3.05) is 44.2 Å². The highest BCUT2D eigenvalue weighted by atomic mass is 16.2. The molecule has 2 saturated heterocycles. The van der Waals surface area contributed by atoms with E-state index in [2.05, 4.69) is 26.2 Å². The van der Waals surface area contributed by atoms with Crippen LogP contribution in [0.4, 0.5) is 10.6 Å². The van der Waals surface area contributed by atoms with Gasteiger partial charge in [-0.3, -0.25) is 14.6 Å². The van der Waals surface area contributed by atoms with Crippen molar-refractivity contribution in [3.8, 4) is 6.07 Å². The molecule has 0 radical (unpaired) electrons. The molecule has 8 heteroatoms. The highest BCUT2D eigenvalue weighted by Crippen LogP contribution is 2.19. The van der Waals surface area contributed by atoms with Gasteiger partial charge in [-0.15, -0.1) is 0 Å². The minimum atomic E-state index is -0.820. The second kappa shape index (κ2) is 7.30. The van der Waals surface area contributed by atoms with E-state index in [1.807, 2.05) is 0 Å². The lowest BCUT2D eigenvalue weighted by Crippen LogP contribution is -2.42. The topological polar surface area (TPSA) is 92.6 Å². The van der Waals surface area contributed by atoms with Gasteiger partial charge in [0.2, 0.25) is 0 Å². The quantitative estimate of drug-likeness (QED) is 0.802. The van der Waals surface area contributed by atoms with Gasteiger partial charge in [-0.05, 0) is 38.9 Å². The van der Waals surface area contributed by atoms with Crippen LogP contribution < -0.4 is 10.2 Å². The van der Waals surface area contributed by atoms with E-state index in [1.165, 1.54) is 4.90 Å². The molecule has 3 heterocycles. The summed E-state index contributed by atoms with van der Waals surface area (Å²) in [6.45, 7) is 7.76. The van der Waals surface area contributed by atoms with Crippen LogP contribution in [0.2, 0.25) is 0 Å². The maximum absolute atomic E-state index is 12.3. The number of nitriles is 1. The minimum absolute atomic E-state index is 0.175. The fourth-order valence-electron chi connectivity index (χ4n) is 3.40. The van der Waals surface area contributed by atoms with Crippen LogP contribution in [0.25, 0.3) is 0 Å². The Kier molecular flexibility index (Phi) is 5.09. The zero-order chi connectivity index (χ0) is 18.7. The van der Waals surface area contributed by atoms with E-state index in [-0.39, 0.29) is 11.9 Å². The first-order chi connectivity index (χ1) is 12.4. The van der Waals surface area contributed by atoms with Crippen LogP contribution in [-0.2, 0) is 4.79 Å². The summed E-state index contributed by atoms with van der Waals surface area (Å²) < 4.78 is 0. The second-order valence-electron chi connectivity index (χ2n) is 7.18. The first-order valence-electron chi connectivity index (χ1n) is 8.89. The third-order valence-electron chi connectivity index (χ3n) is 4.88. The summed E-state index contributed by atoms with van der Waals surface area (Å²) in [7, 11) is 0. The van der Waals surface area contributed by atoms with Gasteiger partial charge >= 0.3 is 6.03 Å². The van der Waals surface area contributed by atoms with Crippen molar-refractivity contribution in [3.05, 3.63) is 23.9 Å². The number of amides is 3. The molecule has 2 aliphatic rings. The number of hydrogen-bond acceptors (Lipinski definition) is 6. The Bertz CT molecular complexity index is 741. The third kappa shape index (κ3) is 3.63. The zero-order valence-electron chi connectivity index (χ0n) is 15.2. The number of carbonyl (C=O) groups is 2. The highest BCUT2D eigenvalue weighted by Gasteiger charge is 2.43. The number of anilines is 1. The Morgan fingerprint density at radius 3 is 2.73 bits per heavy atom. The average Bonchev–Trinajstić information content (AvgIpc) is 2.79. The van der Waals surface area contributed by atoms with Crippen molar-refractivity contribution in [1.82, 2.24) is 20.1 Å². The molecule has 2 fully saturated rings. The van der Waals surface area contributed by atoms with Crippen LogP contribution in [0, 0.1) is 11.3 Å². The lowest BCUT2D eigenvalue weighted by Gasteiger charge is -2.24. The van der Waals surface area contributed by atoms with Gasteiger partial charge in [0.1, 0.15) is 17.4 Å². The van der Waals surface area contributed by atoms with Gasteiger partial charge in [-0.1, -0.05) is 0 Å². The summed E-state index contributed by atoms with van der Waals surface area (Å²) in [6, 6.07) is 5.43. The lowest BCUT2D eigenvalue weighted by molar-refractivity contribution is -0.130. The SMILES string of the molecule is CC1(C)NC(=O)N(CCN2CCCN(c3ncccc3C#N)CC2)C1=O. The monoisotopic (exact) mass is 356 g/mol. The number of aromatic nitrogens is 1. The molecule has 1 N–H and O–H groups in total. The van der Waals surface area contributed by atoms with Crippen LogP contribution >= 0.6 is 0 Å². The van der Waals surface area contributed by atoms with Crippen molar-refractivity contribution in [3.63, 3.8) is 0 Å². The molecule has 3 rings (SSSR count). The summed E-state index contributed by atoms with van der Waals surface area (Å²) in [6.07, 6.45) is 2.64. The summed E-state index contributed by atoms with van der Waals surface area (Å²) in [5.74, 6) is 0.554. The normalized spacial score (nSPS) is 20.7. The molecule has 1 aromatic rings. The van der Waals surface area contributed by atoms with Gasteiger partial charge in [0.15, 0.2) is 0 Å². The number of pyridine rings is 1. The number of imide groups is 1. The molecule has 2 aliphatic heterocycles. The van der Waals surface area contributed by atoms with Gasteiger partial charge in [-0.2, -0.15) is 5.26 Å². The smallest absolute Gasteiger partial charge is 0.325 e. The molecule has 0 atom stereocenters. The molecule has 26 heavy (non-hydrogen) atoms. The largest absolute Gasteiger partial charge is 0.354 e. The van der Waals surface area contributed by atoms with E-state index < -0.39 is 5.54 Å². The zero-order valence-corrected chi connectivity index (χ0v) is 15.2. The molecule has 0 spiro atoms. The third-order valence-corrected chi connectivity index (χ3v) is 4.88. The van der Waals surface area contributed by atoms with Crippen molar-refractivity contribution in [2.24, 2.45) is 0 Å². The summed E-state index contributed by atoms with van der Waals surface area (Å²) in [5.41, 5.74) is -0.234. The number of nitrogens with one attached hydrogen (secondary N) is 1. The Hall–Kier alpha value is -2.66. The standard InChI is InChI=1S/C18H24N6O2/c1-18(2)16(25)24(17(26)21-18)12-10-22-7-4-8-23(11-9-22)15-14(13-19)5-3-6-20-15/h3,5-6H,4,7-12H2,1-2H3,(H,21,26). The van der Waals surface area contributed by atoms with E-state index >= 15 is 0 Å². The Morgan fingerprint density at radius 1 is 1.23 bits per heavy atom. The summed E-state index contributed by atoms with van der Waals surface area (Å²) in [4.78, 5) is 34.3. The maximum Gasteiger partial charge on any atom is 0.325 e. The van der Waals surface area contributed by atoms with Crippen LogP contribution in [-0.4, -0.2) is 71.5 Å². The van der Waals surface area contributed by atoms with E-state index in [0.29, 0.717) is 18.7 Å².